The van der Waals surface area contributed by atoms with Crippen molar-refractivity contribution in [3.05, 3.63) is 35.9 Å². The van der Waals surface area contributed by atoms with Gasteiger partial charge < -0.3 is 26.8 Å². The molecule has 0 radical (unpaired) electrons. The first-order chi connectivity index (χ1) is 14.3. The number of hydrogen-bond acceptors (Lipinski definition) is 7. The Hall–Kier alpha value is -2.24. The number of benzene rings is 1. The average Bonchev–Trinajstić information content (AvgIpc) is 2.74. The first kappa shape index (κ1) is 25.8. The normalized spacial score (nSPS) is 13.6. The van der Waals surface area contributed by atoms with Crippen LogP contribution in [0.5, 0.6) is 0 Å². The first-order valence-electron chi connectivity index (χ1n) is 9.29. The summed E-state index contributed by atoms with van der Waals surface area (Å²) in [6, 6.07) is 6.02. The van der Waals surface area contributed by atoms with Gasteiger partial charge in [-0.25, -0.2) is 4.79 Å². The number of carboxylic acid groups (broad SMARTS) is 1. The van der Waals surface area contributed by atoms with E-state index in [1.165, 1.54) is 11.8 Å². The number of thiol groups is 1. The summed E-state index contributed by atoms with van der Waals surface area (Å²) in [5.74, 6) is -2.42. The Balaban J connectivity index is 2.95. The van der Waals surface area contributed by atoms with E-state index in [9.17, 15) is 19.2 Å². The minimum Gasteiger partial charge on any atom is -0.480 e. The van der Waals surface area contributed by atoms with Gasteiger partial charge in [0.1, 0.15) is 18.1 Å². The molecule has 30 heavy (non-hydrogen) atoms. The fourth-order valence-electron chi connectivity index (χ4n) is 2.55. The highest BCUT2D eigenvalue weighted by atomic mass is 32.2. The lowest BCUT2D eigenvalue weighted by atomic mass is 10.0. The number of aliphatic carboxylic acids is 1. The first-order valence-corrected chi connectivity index (χ1v) is 11.3. The molecule has 3 unspecified atom stereocenters. The van der Waals surface area contributed by atoms with E-state index in [-0.39, 0.29) is 18.7 Å². The topological polar surface area (TPSA) is 151 Å². The van der Waals surface area contributed by atoms with Crippen LogP contribution in [0.2, 0.25) is 0 Å². The molecule has 1 aromatic rings. The molecule has 0 spiro atoms. The summed E-state index contributed by atoms with van der Waals surface area (Å²) >= 11 is 5.41. The maximum Gasteiger partial charge on any atom is 0.327 e. The van der Waals surface area contributed by atoms with Gasteiger partial charge in [0, 0.05) is 12.2 Å². The van der Waals surface area contributed by atoms with Gasteiger partial charge in [-0.1, -0.05) is 30.3 Å². The van der Waals surface area contributed by atoms with Gasteiger partial charge in [-0.05, 0) is 24.0 Å². The number of amides is 3. The Morgan fingerprint density at radius 2 is 1.63 bits per heavy atom. The lowest BCUT2D eigenvalue weighted by Crippen LogP contribution is -2.57. The molecule has 11 heteroatoms. The van der Waals surface area contributed by atoms with Gasteiger partial charge >= 0.3 is 5.97 Å². The van der Waals surface area contributed by atoms with Crippen molar-refractivity contribution in [3.63, 3.8) is 0 Å². The third-order valence-corrected chi connectivity index (χ3v) is 5.17. The number of nitrogens with one attached hydrogen (secondary N) is 3. The molecule has 9 nitrogen and oxygen atoms in total. The smallest absolute Gasteiger partial charge is 0.327 e. The summed E-state index contributed by atoms with van der Waals surface area (Å²) in [4.78, 5) is 48.4. The molecule has 0 bridgehead atoms. The predicted molar refractivity (Wildman–Crippen MR) is 119 cm³/mol. The molecule has 1 rings (SSSR count). The molecule has 3 amide bonds. The summed E-state index contributed by atoms with van der Waals surface area (Å²) in [6.45, 7) is -0.281. The fourth-order valence-corrected chi connectivity index (χ4v) is 3.27. The van der Waals surface area contributed by atoms with E-state index in [1.807, 2.05) is 36.6 Å². The van der Waals surface area contributed by atoms with Gasteiger partial charge in [0.15, 0.2) is 0 Å². The standard InChI is InChI=1S/C19H28N4O5S2/c1-30-8-7-13(17(25)23-15(11-29)19(27)28)22-18(26)14(21-16(24)10-20)9-12-5-3-2-4-6-12/h2-6,13-15,29H,7-11,20H2,1H3,(H,21,24)(H,22,26)(H,23,25)(H,27,28). The van der Waals surface area contributed by atoms with Crippen molar-refractivity contribution < 1.29 is 24.3 Å². The van der Waals surface area contributed by atoms with Gasteiger partial charge in [0.05, 0.1) is 6.54 Å². The van der Waals surface area contributed by atoms with Crippen LogP contribution in [0, 0.1) is 0 Å². The lowest BCUT2D eigenvalue weighted by molar-refractivity contribution is -0.141. The van der Waals surface area contributed by atoms with Crippen LogP contribution in [-0.4, -0.2) is 71.2 Å². The Kier molecular flexibility index (Phi) is 11.9. The monoisotopic (exact) mass is 456 g/mol. The van der Waals surface area contributed by atoms with Crippen molar-refractivity contribution in [2.75, 3.05) is 24.3 Å². The van der Waals surface area contributed by atoms with Gasteiger partial charge in [0.25, 0.3) is 0 Å². The number of carbonyl (C=O) groups excluding carboxylic acids is 3. The summed E-state index contributed by atoms with van der Waals surface area (Å²) in [7, 11) is 0. The molecule has 1 aromatic carbocycles. The minimum absolute atomic E-state index is 0.0898. The number of rotatable bonds is 13. The van der Waals surface area contributed by atoms with E-state index in [4.69, 9.17) is 10.8 Å². The molecule has 0 aliphatic rings. The summed E-state index contributed by atoms with van der Waals surface area (Å²) in [5, 5.41) is 16.7. The van der Waals surface area contributed by atoms with Crippen molar-refractivity contribution >= 4 is 48.1 Å². The van der Waals surface area contributed by atoms with Crippen LogP contribution >= 0.6 is 24.4 Å². The van der Waals surface area contributed by atoms with Crippen molar-refractivity contribution in [1.82, 2.24) is 16.0 Å². The zero-order chi connectivity index (χ0) is 22.5. The van der Waals surface area contributed by atoms with Crippen LogP contribution in [0.3, 0.4) is 0 Å². The highest BCUT2D eigenvalue weighted by Gasteiger charge is 2.29. The molecule has 0 fully saturated rings. The molecular weight excluding hydrogens is 428 g/mol. The van der Waals surface area contributed by atoms with Crippen molar-refractivity contribution in [1.29, 1.82) is 0 Å². The van der Waals surface area contributed by atoms with Crippen LogP contribution in [-0.2, 0) is 25.6 Å². The molecule has 0 saturated heterocycles. The Morgan fingerprint density at radius 3 is 2.17 bits per heavy atom. The number of nitrogens with two attached hydrogens (primary N) is 1. The number of hydrogen-bond donors (Lipinski definition) is 6. The molecule has 166 valence electrons. The highest BCUT2D eigenvalue weighted by molar-refractivity contribution is 7.98. The van der Waals surface area contributed by atoms with Crippen molar-refractivity contribution in [3.8, 4) is 0 Å². The van der Waals surface area contributed by atoms with Gasteiger partial charge in [-0.2, -0.15) is 24.4 Å². The molecule has 0 saturated carbocycles. The number of carboxylic acids is 1. The van der Waals surface area contributed by atoms with Crippen LogP contribution in [0.15, 0.2) is 30.3 Å². The van der Waals surface area contributed by atoms with E-state index in [0.717, 1.165) is 5.56 Å². The molecule has 3 atom stereocenters. The van der Waals surface area contributed by atoms with E-state index in [0.29, 0.717) is 12.2 Å². The average molecular weight is 457 g/mol. The highest BCUT2D eigenvalue weighted by Crippen LogP contribution is 2.06. The van der Waals surface area contributed by atoms with E-state index in [1.54, 1.807) is 0 Å². The largest absolute Gasteiger partial charge is 0.480 e. The molecular formula is C19H28N4O5S2. The Labute approximate surface area is 185 Å². The maximum atomic E-state index is 12.9. The molecule has 0 aromatic heterocycles. The van der Waals surface area contributed by atoms with Crippen LogP contribution < -0.4 is 21.7 Å². The van der Waals surface area contributed by atoms with E-state index in [2.05, 4.69) is 28.6 Å². The van der Waals surface area contributed by atoms with Gasteiger partial charge in [-0.15, -0.1) is 0 Å². The van der Waals surface area contributed by atoms with Crippen LogP contribution in [0.25, 0.3) is 0 Å². The molecule has 0 heterocycles. The zero-order valence-corrected chi connectivity index (χ0v) is 18.4. The van der Waals surface area contributed by atoms with Gasteiger partial charge in [-0.3, -0.25) is 14.4 Å². The third kappa shape index (κ3) is 9.06. The SMILES string of the molecule is CSCCC(NC(=O)C(Cc1ccccc1)NC(=O)CN)C(=O)NC(CS)C(=O)O. The molecule has 0 aliphatic carbocycles. The zero-order valence-electron chi connectivity index (χ0n) is 16.7. The maximum absolute atomic E-state index is 12.9. The number of carbonyl (C=O) groups is 4. The third-order valence-electron chi connectivity index (χ3n) is 4.16. The summed E-state index contributed by atoms with van der Waals surface area (Å²) < 4.78 is 0. The minimum atomic E-state index is -1.22. The van der Waals surface area contributed by atoms with Crippen molar-refractivity contribution in [2.24, 2.45) is 5.73 Å². The summed E-state index contributed by atoms with van der Waals surface area (Å²) in [5.41, 5.74) is 6.17. The number of thioether (sulfide) groups is 1. The quantitative estimate of drug-likeness (QED) is 0.217. The Bertz CT molecular complexity index is 720. The fraction of sp³-hybridized carbons (Fsp3) is 0.474. The van der Waals surface area contributed by atoms with E-state index >= 15 is 0 Å². The van der Waals surface area contributed by atoms with Crippen LogP contribution in [0.4, 0.5) is 0 Å². The predicted octanol–water partition coefficient (Wildman–Crippen LogP) is -0.590. The second kappa shape index (κ2) is 13.9. The van der Waals surface area contributed by atoms with Crippen LogP contribution in [0.1, 0.15) is 12.0 Å². The second-order valence-corrected chi connectivity index (χ2v) is 7.79. The summed E-state index contributed by atoms with van der Waals surface area (Å²) in [6.07, 6.45) is 2.36. The molecule has 6 N–H and O–H groups in total. The second-order valence-electron chi connectivity index (χ2n) is 6.44. The van der Waals surface area contributed by atoms with Crippen molar-refractivity contribution in [2.45, 2.75) is 31.0 Å². The lowest BCUT2D eigenvalue weighted by Gasteiger charge is -2.24. The Morgan fingerprint density at radius 1 is 1.03 bits per heavy atom. The molecule has 0 aliphatic heterocycles. The van der Waals surface area contributed by atoms with E-state index < -0.39 is 41.8 Å². The van der Waals surface area contributed by atoms with Gasteiger partial charge in [0.2, 0.25) is 17.7 Å².